The van der Waals surface area contributed by atoms with E-state index in [1.165, 1.54) is 6.08 Å². The molecule has 0 N–H and O–H groups in total. The van der Waals surface area contributed by atoms with Gasteiger partial charge in [0, 0.05) is 11.8 Å². The van der Waals surface area contributed by atoms with E-state index in [9.17, 15) is 21.6 Å². The second-order valence-corrected chi connectivity index (χ2v) is 8.55. The number of rotatable bonds is 6. The second kappa shape index (κ2) is 8.30. The Morgan fingerprint density at radius 1 is 1.15 bits per heavy atom. The molecule has 2 nitrogen and oxygen atoms in total. The highest BCUT2D eigenvalue weighted by Gasteiger charge is 2.30. The highest BCUT2D eigenvalue weighted by Crippen LogP contribution is 2.39. The summed E-state index contributed by atoms with van der Waals surface area (Å²) in [5, 5.41) is 0. The van der Waals surface area contributed by atoms with Gasteiger partial charge < -0.3 is 0 Å². The Labute approximate surface area is 158 Å². The van der Waals surface area contributed by atoms with Gasteiger partial charge in [-0.2, -0.15) is 13.2 Å². The molecule has 0 spiro atoms. The number of benzene rings is 1. The van der Waals surface area contributed by atoms with Gasteiger partial charge >= 0.3 is 6.18 Å². The summed E-state index contributed by atoms with van der Waals surface area (Å²) in [6, 6.07) is 6.66. The lowest BCUT2D eigenvalue weighted by molar-refractivity contribution is -0.0878. The molecule has 1 aliphatic rings. The van der Waals surface area contributed by atoms with Crippen molar-refractivity contribution in [2.45, 2.75) is 43.7 Å². The fourth-order valence-corrected chi connectivity index (χ4v) is 3.71. The predicted molar refractivity (Wildman–Crippen MR) is 103 cm³/mol. The largest absolute Gasteiger partial charge is 0.415 e. The molecule has 6 heteroatoms. The van der Waals surface area contributed by atoms with Gasteiger partial charge in [0.15, 0.2) is 9.84 Å². The van der Waals surface area contributed by atoms with Crippen LogP contribution in [0.2, 0.25) is 0 Å². The molecule has 0 saturated heterocycles. The fourth-order valence-electron chi connectivity index (χ4n) is 3.08. The molecule has 146 valence electrons. The van der Waals surface area contributed by atoms with Crippen LogP contribution in [-0.2, 0) is 9.84 Å². The summed E-state index contributed by atoms with van der Waals surface area (Å²) < 4.78 is 61.4. The summed E-state index contributed by atoms with van der Waals surface area (Å²) in [5.74, 6) is 0. The molecule has 1 aromatic rings. The van der Waals surface area contributed by atoms with E-state index in [-0.39, 0.29) is 4.90 Å². The first-order valence-corrected chi connectivity index (χ1v) is 10.6. The van der Waals surface area contributed by atoms with E-state index in [2.05, 4.69) is 6.58 Å². The summed E-state index contributed by atoms with van der Waals surface area (Å²) >= 11 is 0. The van der Waals surface area contributed by atoms with Crippen molar-refractivity contribution in [3.8, 4) is 0 Å². The molecule has 0 heterocycles. The van der Waals surface area contributed by atoms with Crippen LogP contribution in [0.4, 0.5) is 13.2 Å². The first kappa shape index (κ1) is 21.2. The summed E-state index contributed by atoms with van der Waals surface area (Å²) in [6.45, 7) is 5.02. The topological polar surface area (TPSA) is 34.1 Å². The first-order chi connectivity index (χ1) is 12.5. The number of hydrogen-bond acceptors (Lipinski definition) is 2. The lowest BCUT2D eigenvalue weighted by Crippen LogP contribution is -2.08. The van der Waals surface area contributed by atoms with Gasteiger partial charge in [0.05, 0.1) is 4.90 Å². The smallest absolute Gasteiger partial charge is 0.224 e. The third kappa shape index (κ3) is 5.45. The van der Waals surface area contributed by atoms with Gasteiger partial charge in [0.2, 0.25) is 0 Å². The van der Waals surface area contributed by atoms with E-state index in [4.69, 9.17) is 0 Å². The Bertz CT molecular complexity index is 900. The van der Waals surface area contributed by atoms with Crippen LogP contribution in [0, 0.1) is 0 Å². The fraction of sp³-hybridized carbons (Fsp3) is 0.333. The molecule has 0 saturated carbocycles. The molecular formula is C21H23F3O2S. The van der Waals surface area contributed by atoms with Gasteiger partial charge in [-0.15, -0.1) is 0 Å². The molecule has 0 radical (unpaired) electrons. The quantitative estimate of drug-likeness (QED) is 0.550. The molecule has 0 atom stereocenters. The van der Waals surface area contributed by atoms with Crippen molar-refractivity contribution in [1.82, 2.24) is 0 Å². The number of halogens is 3. The minimum absolute atomic E-state index is 0.247. The number of alkyl halides is 3. The van der Waals surface area contributed by atoms with Crippen molar-refractivity contribution in [1.29, 1.82) is 0 Å². The molecule has 1 aliphatic carbocycles. The minimum atomic E-state index is -4.44. The molecule has 0 bridgehead atoms. The van der Waals surface area contributed by atoms with E-state index in [1.807, 2.05) is 13.0 Å². The summed E-state index contributed by atoms with van der Waals surface area (Å²) in [5.41, 5.74) is 2.84. The van der Waals surface area contributed by atoms with E-state index in [0.717, 1.165) is 53.9 Å². The van der Waals surface area contributed by atoms with Gasteiger partial charge in [-0.1, -0.05) is 43.9 Å². The normalized spacial score (nSPS) is 16.4. The zero-order valence-corrected chi connectivity index (χ0v) is 16.3. The molecule has 0 aromatic heterocycles. The first-order valence-electron chi connectivity index (χ1n) is 8.71. The standard InChI is InChI=1S/C21H23F3O2S/c1-4-6-16(10-9-15(2)21(22,23)24)19-7-5-8-20(19)17-11-13-18(14-12-17)27(3,25)26/h6,9-14H,2,4-5,7-8H2,1,3H3/b10-9-,16-6+. The van der Waals surface area contributed by atoms with E-state index in [1.54, 1.807) is 24.3 Å². The van der Waals surface area contributed by atoms with Crippen LogP contribution in [0.25, 0.3) is 5.57 Å². The highest BCUT2D eigenvalue weighted by atomic mass is 32.2. The van der Waals surface area contributed by atoms with Crippen LogP contribution in [0.15, 0.2) is 70.7 Å². The number of hydrogen-bond donors (Lipinski definition) is 0. The third-order valence-corrected chi connectivity index (χ3v) is 5.58. The van der Waals surface area contributed by atoms with Crippen LogP contribution in [0.3, 0.4) is 0 Å². The van der Waals surface area contributed by atoms with Crippen molar-refractivity contribution >= 4 is 15.4 Å². The number of allylic oxidation sites excluding steroid dienone is 7. The maximum atomic E-state index is 12.7. The summed E-state index contributed by atoms with van der Waals surface area (Å²) in [6.07, 6.45) is 4.30. The van der Waals surface area contributed by atoms with Crippen LogP contribution in [-0.4, -0.2) is 20.8 Å². The molecular weight excluding hydrogens is 373 g/mol. The Kier molecular flexibility index (Phi) is 6.52. The van der Waals surface area contributed by atoms with Gasteiger partial charge in [-0.05, 0) is 60.1 Å². The molecule has 27 heavy (non-hydrogen) atoms. The maximum Gasteiger partial charge on any atom is 0.415 e. The van der Waals surface area contributed by atoms with Crippen molar-refractivity contribution < 1.29 is 21.6 Å². The van der Waals surface area contributed by atoms with Gasteiger partial charge in [-0.3, -0.25) is 0 Å². The SMILES string of the molecule is C=C(/C=C\C(=C/CC)C1=C(c2ccc(S(C)(=O)=O)cc2)CCC1)C(F)(F)F. The molecule has 0 amide bonds. The third-order valence-electron chi connectivity index (χ3n) is 4.45. The molecule has 0 aliphatic heterocycles. The highest BCUT2D eigenvalue weighted by molar-refractivity contribution is 7.90. The lowest BCUT2D eigenvalue weighted by atomic mass is 9.95. The van der Waals surface area contributed by atoms with Crippen LogP contribution in [0.1, 0.15) is 38.2 Å². The van der Waals surface area contributed by atoms with Gasteiger partial charge in [0.25, 0.3) is 0 Å². The van der Waals surface area contributed by atoms with Crippen LogP contribution in [0.5, 0.6) is 0 Å². The molecule has 1 aromatic carbocycles. The number of sulfone groups is 1. The van der Waals surface area contributed by atoms with Crippen molar-refractivity contribution in [3.63, 3.8) is 0 Å². The second-order valence-electron chi connectivity index (χ2n) is 6.53. The van der Waals surface area contributed by atoms with E-state index < -0.39 is 21.6 Å². The van der Waals surface area contributed by atoms with E-state index in [0.29, 0.717) is 6.42 Å². The summed E-state index contributed by atoms with van der Waals surface area (Å²) in [7, 11) is -3.27. The maximum absolute atomic E-state index is 12.7. The van der Waals surface area contributed by atoms with E-state index >= 15 is 0 Å². The summed E-state index contributed by atoms with van der Waals surface area (Å²) in [4.78, 5) is 0.247. The van der Waals surface area contributed by atoms with Crippen molar-refractivity contribution in [2.24, 2.45) is 0 Å². The van der Waals surface area contributed by atoms with Gasteiger partial charge in [-0.25, -0.2) is 8.42 Å². The lowest BCUT2D eigenvalue weighted by Gasteiger charge is -2.11. The minimum Gasteiger partial charge on any atom is -0.224 e. The Morgan fingerprint density at radius 2 is 1.78 bits per heavy atom. The van der Waals surface area contributed by atoms with Crippen LogP contribution < -0.4 is 0 Å². The van der Waals surface area contributed by atoms with Crippen molar-refractivity contribution in [3.05, 3.63) is 71.4 Å². The van der Waals surface area contributed by atoms with Gasteiger partial charge in [0.1, 0.15) is 0 Å². The zero-order chi connectivity index (χ0) is 20.2. The Hall–Kier alpha value is -2.08. The van der Waals surface area contributed by atoms with Crippen LogP contribution >= 0.6 is 0 Å². The molecule has 0 fully saturated rings. The average Bonchev–Trinajstić information content (AvgIpc) is 3.06. The average molecular weight is 396 g/mol. The zero-order valence-electron chi connectivity index (χ0n) is 15.4. The Balaban J connectivity index is 2.41. The van der Waals surface area contributed by atoms with Crippen molar-refractivity contribution in [2.75, 3.05) is 6.26 Å². The predicted octanol–water partition coefficient (Wildman–Crippen LogP) is 6.04. The molecule has 2 rings (SSSR count). The monoisotopic (exact) mass is 396 g/mol. The molecule has 0 unspecified atom stereocenters. The Morgan fingerprint density at radius 3 is 2.30 bits per heavy atom.